The van der Waals surface area contributed by atoms with Crippen LogP contribution >= 0.6 is 11.3 Å². The summed E-state index contributed by atoms with van der Waals surface area (Å²) in [6.07, 6.45) is 1.86. The van der Waals surface area contributed by atoms with Gasteiger partial charge >= 0.3 is 5.97 Å². The molecule has 4 aromatic rings. The third kappa shape index (κ3) is 6.81. The van der Waals surface area contributed by atoms with Gasteiger partial charge in [-0.05, 0) is 68.2 Å². The zero-order chi connectivity index (χ0) is 30.5. The molecule has 3 aromatic carbocycles. The molecule has 0 amide bonds. The van der Waals surface area contributed by atoms with Crippen LogP contribution in [-0.4, -0.2) is 29.9 Å². The van der Waals surface area contributed by atoms with E-state index < -0.39 is 12.0 Å². The molecule has 1 aliphatic rings. The van der Waals surface area contributed by atoms with Gasteiger partial charge in [0.25, 0.3) is 5.56 Å². The van der Waals surface area contributed by atoms with Gasteiger partial charge in [-0.15, -0.1) is 0 Å². The van der Waals surface area contributed by atoms with Crippen molar-refractivity contribution >= 4 is 29.1 Å². The Bertz CT molecular complexity index is 1780. The molecule has 0 unspecified atom stereocenters. The van der Waals surface area contributed by atoms with E-state index in [0.29, 0.717) is 38.9 Å². The molecule has 0 spiro atoms. The molecule has 1 aliphatic heterocycles. The van der Waals surface area contributed by atoms with Gasteiger partial charge in [0.2, 0.25) is 0 Å². The van der Waals surface area contributed by atoms with Crippen molar-refractivity contribution in [2.24, 2.45) is 10.9 Å². The van der Waals surface area contributed by atoms with Gasteiger partial charge in [0.15, 0.2) is 4.80 Å². The highest BCUT2D eigenvalue weighted by Gasteiger charge is 2.35. The molecular formula is C35H36N2O5S. The number of carbonyl (C=O) groups excluding carboxylic acids is 1. The summed E-state index contributed by atoms with van der Waals surface area (Å²) in [6.45, 7) is 10.7. The minimum atomic E-state index is -0.743. The molecule has 0 radical (unpaired) electrons. The molecule has 0 bridgehead atoms. The second-order valence-corrected chi connectivity index (χ2v) is 12.0. The second-order valence-electron chi connectivity index (χ2n) is 10.9. The Hall–Kier alpha value is -4.43. The number of carbonyl (C=O) groups is 1. The molecule has 5 rings (SSSR count). The molecule has 43 heavy (non-hydrogen) atoms. The fourth-order valence-corrected chi connectivity index (χ4v) is 5.83. The van der Waals surface area contributed by atoms with Gasteiger partial charge in [0.05, 0.1) is 41.2 Å². The highest BCUT2D eigenvalue weighted by Crippen LogP contribution is 2.35. The molecule has 222 valence electrons. The number of benzene rings is 3. The van der Waals surface area contributed by atoms with Crippen LogP contribution in [0.4, 0.5) is 0 Å². The lowest BCUT2D eigenvalue weighted by molar-refractivity contribution is -0.138. The standard InChI is InChI=1S/C35H36N2O5S/c1-6-40-34(39)30-31(25-10-8-7-9-11-25)36-35-37(32(30)26-14-18-28(19-15-26)42-23(4)5)33(38)29(43-35)20-24-12-16-27(17-13-24)41-21-22(2)3/h7-20,22-23,32H,6,21H2,1-5H3/b29-20-/t32-/m1/s1. The van der Waals surface area contributed by atoms with Crippen molar-refractivity contribution in [3.8, 4) is 11.5 Å². The van der Waals surface area contributed by atoms with Crippen molar-refractivity contribution in [1.82, 2.24) is 4.57 Å². The average molecular weight is 597 g/mol. The predicted octanol–water partition coefficient (Wildman–Crippen LogP) is 5.76. The minimum absolute atomic E-state index is 0.0130. The van der Waals surface area contributed by atoms with Crippen molar-refractivity contribution in [3.05, 3.63) is 121 Å². The van der Waals surface area contributed by atoms with Crippen LogP contribution in [0.3, 0.4) is 0 Å². The van der Waals surface area contributed by atoms with E-state index in [9.17, 15) is 9.59 Å². The summed E-state index contributed by atoms with van der Waals surface area (Å²) < 4.78 is 19.3. The Balaban J connectivity index is 1.68. The van der Waals surface area contributed by atoms with Crippen LogP contribution in [0.2, 0.25) is 0 Å². The van der Waals surface area contributed by atoms with E-state index in [-0.39, 0.29) is 18.3 Å². The number of ether oxygens (including phenoxy) is 3. The topological polar surface area (TPSA) is 79.1 Å². The maximum atomic E-state index is 14.1. The number of hydrogen-bond donors (Lipinski definition) is 0. The van der Waals surface area contributed by atoms with Gasteiger partial charge < -0.3 is 14.2 Å². The summed E-state index contributed by atoms with van der Waals surface area (Å²) >= 11 is 1.30. The molecule has 8 heteroatoms. The monoisotopic (exact) mass is 596 g/mol. The third-order valence-corrected chi connectivity index (χ3v) is 7.69. The Labute approximate surface area is 255 Å². The fraction of sp³-hybridized carbons (Fsp3) is 0.286. The summed E-state index contributed by atoms with van der Waals surface area (Å²) in [7, 11) is 0. The molecule has 0 N–H and O–H groups in total. The first-order valence-corrected chi connectivity index (χ1v) is 15.3. The summed E-state index contributed by atoms with van der Waals surface area (Å²) in [4.78, 5) is 33.1. The van der Waals surface area contributed by atoms with Gasteiger partial charge in [-0.2, -0.15) is 0 Å². The summed E-state index contributed by atoms with van der Waals surface area (Å²) in [6, 6.07) is 24.0. The van der Waals surface area contributed by atoms with Crippen LogP contribution in [0.5, 0.6) is 11.5 Å². The molecule has 1 aromatic heterocycles. The highest BCUT2D eigenvalue weighted by molar-refractivity contribution is 7.07. The first kappa shape index (κ1) is 30.0. The van der Waals surface area contributed by atoms with Gasteiger partial charge in [-0.3, -0.25) is 9.36 Å². The van der Waals surface area contributed by atoms with E-state index in [1.165, 1.54) is 11.3 Å². The molecule has 1 atom stereocenters. The van der Waals surface area contributed by atoms with Crippen LogP contribution < -0.4 is 24.4 Å². The number of nitrogens with zero attached hydrogens (tertiary/aromatic N) is 2. The number of hydrogen-bond acceptors (Lipinski definition) is 7. The zero-order valence-corrected chi connectivity index (χ0v) is 25.9. The first-order chi connectivity index (χ1) is 20.7. The van der Waals surface area contributed by atoms with Crippen LogP contribution in [-0.2, 0) is 9.53 Å². The van der Waals surface area contributed by atoms with Crippen molar-refractivity contribution < 1.29 is 19.0 Å². The van der Waals surface area contributed by atoms with Crippen molar-refractivity contribution in [3.63, 3.8) is 0 Å². The molecule has 0 aliphatic carbocycles. The quantitative estimate of drug-likeness (QED) is 0.218. The summed E-state index contributed by atoms with van der Waals surface area (Å²) in [5.41, 5.74) is 2.96. The Kier molecular flexibility index (Phi) is 9.26. The fourth-order valence-electron chi connectivity index (χ4n) is 4.83. The van der Waals surface area contributed by atoms with Crippen LogP contribution in [0.15, 0.2) is 94.2 Å². The van der Waals surface area contributed by atoms with E-state index in [2.05, 4.69) is 13.8 Å². The second kappa shape index (κ2) is 13.3. The van der Waals surface area contributed by atoms with Gasteiger partial charge in [0.1, 0.15) is 11.5 Å². The van der Waals surface area contributed by atoms with Gasteiger partial charge in [-0.1, -0.05) is 79.8 Å². The van der Waals surface area contributed by atoms with E-state index in [1.54, 1.807) is 11.5 Å². The van der Waals surface area contributed by atoms with Gasteiger partial charge in [0, 0.05) is 5.56 Å². The highest BCUT2D eigenvalue weighted by atomic mass is 32.1. The van der Waals surface area contributed by atoms with Crippen LogP contribution in [0.25, 0.3) is 11.8 Å². The molecule has 0 saturated heterocycles. The Morgan fingerprint density at radius 3 is 2.26 bits per heavy atom. The lowest BCUT2D eigenvalue weighted by Gasteiger charge is -2.26. The molecule has 2 heterocycles. The number of esters is 1. The summed E-state index contributed by atoms with van der Waals surface area (Å²) in [5, 5.41) is 0. The molecular weight excluding hydrogens is 560 g/mol. The lowest BCUT2D eigenvalue weighted by Crippen LogP contribution is -2.40. The molecule has 7 nitrogen and oxygen atoms in total. The Morgan fingerprint density at radius 2 is 1.63 bits per heavy atom. The minimum Gasteiger partial charge on any atom is -0.493 e. The third-order valence-electron chi connectivity index (χ3n) is 6.70. The van der Waals surface area contributed by atoms with Crippen LogP contribution in [0.1, 0.15) is 57.4 Å². The van der Waals surface area contributed by atoms with E-state index in [1.807, 2.05) is 98.8 Å². The maximum Gasteiger partial charge on any atom is 0.338 e. The van der Waals surface area contributed by atoms with Crippen molar-refractivity contribution in [2.45, 2.75) is 46.8 Å². The lowest BCUT2D eigenvalue weighted by atomic mass is 9.93. The number of rotatable bonds is 10. The van der Waals surface area contributed by atoms with E-state index in [0.717, 1.165) is 22.4 Å². The average Bonchev–Trinajstić information content (AvgIpc) is 3.30. The van der Waals surface area contributed by atoms with Crippen LogP contribution in [0, 0.1) is 5.92 Å². The van der Waals surface area contributed by atoms with Gasteiger partial charge in [-0.25, -0.2) is 9.79 Å². The van der Waals surface area contributed by atoms with E-state index >= 15 is 0 Å². The number of aromatic nitrogens is 1. The normalized spacial score (nSPS) is 15.0. The van der Waals surface area contributed by atoms with Crippen molar-refractivity contribution in [1.29, 1.82) is 0 Å². The maximum absolute atomic E-state index is 14.1. The first-order valence-electron chi connectivity index (χ1n) is 14.5. The Morgan fingerprint density at radius 1 is 0.953 bits per heavy atom. The summed E-state index contributed by atoms with van der Waals surface area (Å²) in [5.74, 6) is 1.40. The largest absolute Gasteiger partial charge is 0.493 e. The number of thiazole rings is 1. The number of fused-ring (bicyclic) bond motifs is 1. The molecule has 0 saturated carbocycles. The predicted molar refractivity (Wildman–Crippen MR) is 170 cm³/mol. The van der Waals surface area contributed by atoms with Crippen molar-refractivity contribution in [2.75, 3.05) is 13.2 Å². The smallest absolute Gasteiger partial charge is 0.338 e. The zero-order valence-electron chi connectivity index (χ0n) is 25.1. The van der Waals surface area contributed by atoms with E-state index in [4.69, 9.17) is 19.2 Å². The SMILES string of the molecule is CCOC(=O)C1=C(c2ccccc2)N=c2s/c(=C\c3ccc(OCC(C)C)cc3)c(=O)n2[C@@H]1c1ccc(OC(C)C)cc1. The molecule has 0 fully saturated rings.